The van der Waals surface area contributed by atoms with Gasteiger partial charge in [-0.3, -0.25) is 4.90 Å². The number of piperazine rings is 1. The van der Waals surface area contributed by atoms with Gasteiger partial charge in [-0.1, -0.05) is 34.4 Å². The molecule has 38 heavy (non-hydrogen) atoms. The molecule has 1 saturated heterocycles. The number of carbonyl (C=O) groups is 1. The van der Waals surface area contributed by atoms with Crippen molar-refractivity contribution < 1.29 is 14.4 Å². The molecule has 198 valence electrons. The van der Waals surface area contributed by atoms with Gasteiger partial charge < -0.3 is 19.1 Å². The number of rotatable bonds is 7. The molecule has 0 bridgehead atoms. The lowest BCUT2D eigenvalue weighted by Crippen LogP contribution is -2.50. The van der Waals surface area contributed by atoms with Gasteiger partial charge in [-0.05, 0) is 56.5 Å². The molecule has 1 saturated carbocycles. The number of hydrogen-bond acceptors (Lipinski definition) is 5. The Morgan fingerprint density at radius 3 is 2.50 bits per heavy atom. The summed E-state index contributed by atoms with van der Waals surface area (Å²) in [4.78, 5) is 16.5. The molecule has 0 spiro atoms. The lowest BCUT2D eigenvalue weighted by atomic mass is 9.97. The predicted molar refractivity (Wildman–Crippen MR) is 151 cm³/mol. The van der Waals surface area contributed by atoms with Crippen LogP contribution in [0.25, 0.3) is 22.2 Å². The fourth-order valence-corrected chi connectivity index (χ4v) is 6.27. The van der Waals surface area contributed by atoms with E-state index in [-0.39, 0.29) is 0 Å². The number of aromatic nitrogens is 2. The van der Waals surface area contributed by atoms with Crippen LogP contribution in [0.1, 0.15) is 47.4 Å². The number of aryl methyl sites for hydroxylation is 1. The molecule has 3 heterocycles. The summed E-state index contributed by atoms with van der Waals surface area (Å²) in [5.74, 6) is 0.521. The molecule has 2 fully saturated rings. The molecular formula is C29H30Cl2N4O3. The van der Waals surface area contributed by atoms with E-state index in [2.05, 4.69) is 27.9 Å². The van der Waals surface area contributed by atoms with Crippen LogP contribution in [0, 0.1) is 0 Å². The molecule has 9 heteroatoms. The SMILES string of the molecule is CC(Cc1c(-c2c(Cl)cccc2Cl)noc1C1CC1)N1CCN(c2ccc3c(C(=O)O)cn(C)c3c2)CC1. The first-order valence-corrected chi connectivity index (χ1v) is 13.8. The zero-order chi connectivity index (χ0) is 26.6. The van der Waals surface area contributed by atoms with Gasteiger partial charge in [0.15, 0.2) is 0 Å². The maximum absolute atomic E-state index is 11.6. The lowest BCUT2D eigenvalue weighted by molar-refractivity contribution is 0.0699. The Labute approximate surface area is 231 Å². The van der Waals surface area contributed by atoms with Crippen LogP contribution in [0.3, 0.4) is 0 Å². The molecule has 1 unspecified atom stereocenters. The summed E-state index contributed by atoms with van der Waals surface area (Å²) in [6, 6.07) is 11.9. The molecule has 2 aliphatic rings. The Morgan fingerprint density at radius 2 is 1.84 bits per heavy atom. The van der Waals surface area contributed by atoms with E-state index in [9.17, 15) is 9.90 Å². The van der Waals surface area contributed by atoms with Crippen molar-refractivity contribution in [3.63, 3.8) is 0 Å². The van der Waals surface area contributed by atoms with E-state index in [1.807, 2.05) is 41.9 Å². The van der Waals surface area contributed by atoms with E-state index in [0.717, 1.165) is 84.6 Å². The van der Waals surface area contributed by atoms with Crippen molar-refractivity contribution in [2.45, 2.75) is 38.1 Å². The highest BCUT2D eigenvalue weighted by molar-refractivity contribution is 6.39. The summed E-state index contributed by atoms with van der Waals surface area (Å²) in [5, 5.41) is 15.9. The second kappa shape index (κ2) is 9.95. The molecule has 7 nitrogen and oxygen atoms in total. The van der Waals surface area contributed by atoms with E-state index < -0.39 is 5.97 Å². The molecule has 2 aromatic carbocycles. The van der Waals surface area contributed by atoms with Crippen LogP contribution in [0.4, 0.5) is 5.69 Å². The zero-order valence-corrected chi connectivity index (χ0v) is 23.0. The van der Waals surface area contributed by atoms with Crippen molar-refractivity contribution in [1.82, 2.24) is 14.6 Å². The van der Waals surface area contributed by atoms with Crippen molar-refractivity contribution in [1.29, 1.82) is 0 Å². The van der Waals surface area contributed by atoms with Crippen molar-refractivity contribution >= 4 is 45.8 Å². The molecule has 1 N–H and O–H groups in total. The Morgan fingerprint density at radius 1 is 1.13 bits per heavy atom. The number of hydrogen-bond donors (Lipinski definition) is 1. The van der Waals surface area contributed by atoms with Crippen LogP contribution in [-0.2, 0) is 13.5 Å². The van der Waals surface area contributed by atoms with Gasteiger partial charge >= 0.3 is 5.97 Å². The number of aromatic carboxylic acids is 1. The molecule has 1 atom stereocenters. The first-order valence-electron chi connectivity index (χ1n) is 13.1. The predicted octanol–water partition coefficient (Wildman–Crippen LogP) is 6.47. The zero-order valence-electron chi connectivity index (χ0n) is 21.5. The van der Waals surface area contributed by atoms with Gasteiger partial charge in [0.1, 0.15) is 11.5 Å². The molecular weight excluding hydrogens is 523 g/mol. The summed E-state index contributed by atoms with van der Waals surface area (Å²) < 4.78 is 7.76. The summed E-state index contributed by atoms with van der Waals surface area (Å²) in [6.45, 7) is 5.92. The fraction of sp³-hybridized carbons (Fsp3) is 0.379. The minimum atomic E-state index is -0.899. The average molecular weight is 553 g/mol. The maximum atomic E-state index is 11.6. The van der Waals surface area contributed by atoms with Gasteiger partial charge in [-0.15, -0.1) is 0 Å². The normalized spacial score (nSPS) is 17.3. The first kappa shape index (κ1) is 25.3. The molecule has 6 rings (SSSR count). The Balaban J connectivity index is 1.18. The highest BCUT2D eigenvalue weighted by atomic mass is 35.5. The quantitative estimate of drug-likeness (QED) is 0.283. The van der Waals surface area contributed by atoms with Gasteiger partial charge in [0, 0.05) is 73.6 Å². The van der Waals surface area contributed by atoms with E-state index in [4.69, 9.17) is 27.7 Å². The Hall–Kier alpha value is -3.00. The van der Waals surface area contributed by atoms with Gasteiger partial charge in [0.05, 0.1) is 21.1 Å². The number of anilines is 1. The highest BCUT2D eigenvalue weighted by Gasteiger charge is 2.35. The summed E-state index contributed by atoms with van der Waals surface area (Å²) in [5.41, 5.74) is 5.03. The Kier molecular flexibility index (Phi) is 6.62. The molecule has 0 radical (unpaired) electrons. The van der Waals surface area contributed by atoms with Crippen molar-refractivity contribution in [3.05, 3.63) is 69.5 Å². The maximum Gasteiger partial charge on any atom is 0.337 e. The molecule has 4 aromatic rings. The van der Waals surface area contributed by atoms with Crippen molar-refractivity contribution in [2.24, 2.45) is 7.05 Å². The van der Waals surface area contributed by atoms with Crippen molar-refractivity contribution in [3.8, 4) is 11.3 Å². The minimum absolute atomic E-state index is 0.294. The number of carboxylic acid groups (broad SMARTS) is 1. The van der Waals surface area contributed by atoms with Gasteiger partial charge in [-0.25, -0.2) is 4.79 Å². The highest BCUT2D eigenvalue weighted by Crippen LogP contribution is 2.46. The molecule has 1 aliphatic heterocycles. The number of halogens is 2. The number of fused-ring (bicyclic) bond motifs is 1. The van der Waals surface area contributed by atoms with Crippen LogP contribution in [0.2, 0.25) is 10.0 Å². The second-order valence-corrected chi connectivity index (χ2v) is 11.3. The molecule has 2 aromatic heterocycles. The van der Waals surface area contributed by atoms with Gasteiger partial charge in [0.25, 0.3) is 0 Å². The van der Waals surface area contributed by atoms with Crippen LogP contribution in [0.5, 0.6) is 0 Å². The largest absolute Gasteiger partial charge is 0.478 e. The van der Waals surface area contributed by atoms with E-state index in [1.165, 1.54) is 0 Å². The Bertz CT molecular complexity index is 1500. The third-order valence-corrected chi connectivity index (χ3v) is 8.60. The van der Waals surface area contributed by atoms with Gasteiger partial charge in [0.2, 0.25) is 0 Å². The van der Waals surface area contributed by atoms with E-state index in [0.29, 0.717) is 27.6 Å². The minimum Gasteiger partial charge on any atom is -0.478 e. The topological polar surface area (TPSA) is 74.7 Å². The monoisotopic (exact) mass is 552 g/mol. The number of carboxylic acids is 1. The lowest BCUT2D eigenvalue weighted by Gasteiger charge is -2.39. The molecule has 0 amide bonds. The average Bonchev–Trinajstić information content (AvgIpc) is 3.59. The summed E-state index contributed by atoms with van der Waals surface area (Å²) in [6.07, 6.45) is 4.76. The van der Waals surface area contributed by atoms with E-state index >= 15 is 0 Å². The smallest absolute Gasteiger partial charge is 0.337 e. The van der Waals surface area contributed by atoms with Crippen LogP contribution >= 0.6 is 23.2 Å². The molecule has 1 aliphatic carbocycles. The number of benzene rings is 2. The standard InChI is InChI=1S/C29H30Cl2N4O3/c1-17(14-21-27(32-38-28(21)18-6-7-18)26-23(30)4-3-5-24(26)31)34-10-12-35(13-11-34)19-8-9-20-22(29(36)37)16-33(2)25(20)15-19/h3-5,8-9,15-18H,6-7,10-14H2,1-2H3,(H,36,37). The van der Waals surface area contributed by atoms with Crippen LogP contribution in [0.15, 0.2) is 47.1 Å². The second-order valence-electron chi connectivity index (χ2n) is 10.5. The number of nitrogens with zero attached hydrogens (tertiary/aromatic N) is 4. The van der Waals surface area contributed by atoms with E-state index in [1.54, 1.807) is 6.20 Å². The first-order chi connectivity index (χ1) is 18.3. The third-order valence-electron chi connectivity index (χ3n) is 7.97. The fourth-order valence-electron chi connectivity index (χ4n) is 5.69. The summed E-state index contributed by atoms with van der Waals surface area (Å²) >= 11 is 13.1. The van der Waals surface area contributed by atoms with Gasteiger partial charge in [-0.2, -0.15) is 0 Å². The van der Waals surface area contributed by atoms with Crippen molar-refractivity contribution in [2.75, 3.05) is 31.1 Å². The third kappa shape index (κ3) is 4.57. The summed E-state index contributed by atoms with van der Waals surface area (Å²) in [7, 11) is 1.89. The van der Waals surface area contributed by atoms with Crippen LogP contribution < -0.4 is 4.90 Å². The van der Waals surface area contributed by atoms with Crippen LogP contribution in [-0.4, -0.2) is 57.9 Å².